The fourth-order valence-corrected chi connectivity index (χ4v) is 5.96. The van der Waals surface area contributed by atoms with Crippen molar-refractivity contribution in [2.45, 2.75) is 56.5 Å². The molecule has 42 heavy (non-hydrogen) atoms. The number of carbonyl (C=O) groups is 2. The van der Waals surface area contributed by atoms with Crippen LogP contribution in [-0.4, -0.2) is 79.0 Å². The molecule has 3 amide bonds. The molecule has 2 heterocycles. The Morgan fingerprint density at radius 1 is 0.833 bits per heavy atom. The van der Waals surface area contributed by atoms with E-state index in [2.05, 4.69) is 4.90 Å². The number of benzene rings is 2. The van der Waals surface area contributed by atoms with Crippen molar-refractivity contribution in [2.24, 2.45) is 0 Å². The van der Waals surface area contributed by atoms with Crippen molar-refractivity contribution < 1.29 is 40.3 Å². The standard InChI is InChI=1S/C29H33F7N4O2/c1-18(41)39-11-8-23(9-12-39)40-13-10-26(25(17-40)19-4-6-22(30)7-5-19)38(3)27(42)37(2)24-15-20(28(31,32)33)14-21(16-24)29(34,35)36/h4-7,14-16,23,25-26H,8-13,17H2,1-3H3/t25-,26+/m0/s1. The Kier molecular flexibility index (Phi) is 9.10. The molecule has 2 saturated heterocycles. The molecule has 2 aliphatic rings. The van der Waals surface area contributed by atoms with Gasteiger partial charge in [-0.1, -0.05) is 12.1 Å². The summed E-state index contributed by atoms with van der Waals surface area (Å²) in [6.07, 6.45) is -8.08. The summed E-state index contributed by atoms with van der Waals surface area (Å²) in [5.74, 6) is -0.725. The number of anilines is 1. The molecular formula is C29H33F7N4O2. The number of likely N-dealkylation sites (tertiary alicyclic amines) is 2. The Balaban J connectivity index is 1.59. The number of nitrogens with zero attached hydrogens (tertiary/aromatic N) is 4. The lowest BCUT2D eigenvalue weighted by Gasteiger charge is -2.47. The van der Waals surface area contributed by atoms with Gasteiger partial charge in [-0.05, 0) is 55.2 Å². The third kappa shape index (κ3) is 6.99. The quantitative estimate of drug-likeness (QED) is 0.391. The van der Waals surface area contributed by atoms with E-state index in [-0.39, 0.29) is 23.9 Å². The van der Waals surface area contributed by atoms with Gasteiger partial charge in [0.15, 0.2) is 0 Å². The number of urea groups is 1. The highest BCUT2D eigenvalue weighted by Gasteiger charge is 2.40. The van der Waals surface area contributed by atoms with Crippen LogP contribution in [0, 0.1) is 5.82 Å². The fourth-order valence-electron chi connectivity index (χ4n) is 5.96. The van der Waals surface area contributed by atoms with Gasteiger partial charge in [0, 0.05) is 70.9 Å². The van der Waals surface area contributed by atoms with E-state index >= 15 is 0 Å². The fraction of sp³-hybridized carbons (Fsp3) is 0.517. The molecule has 6 nitrogen and oxygen atoms in total. The lowest BCUT2D eigenvalue weighted by Crippen LogP contribution is -2.56. The molecule has 2 fully saturated rings. The van der Waals surface area contributed by atoms with Gasteiger partial charge in [-0.2, -0.15) is 26.3 Å². The van der Waals surface area contributed by atoms with Crippen molar-refractivity contribution >= 4 is 17.6 Å². The summed E-state index contributed by atoms with van der Waals surface area (Å²) in [5.41, 5.74) is -2.80. The van der Waals surface area contributed by atoms with E-state index in [1.165, 1.54) is 31.0 Å². The zero-order chi connectivity index (χ0) is 31.0. The molecule has 2 aromatic carbocycles. The Morgan fingerprint density at radius 2 is 1.38 bits per heavy atom. The summed E-state index contributed by atoms with van der Waals surface area (Å²) in [6, 6.07) is 5.89. The normalized spacial score (nSPS) is 20.9. The van der Waals surface area contributed by atoms with E-state index < -0.39 is 47.1 Å². The van der Waals surface area contributed by atoms with E-state index in [4.69, 9.17) is 0 Å². The first-order valence-electron chi connectivity index (χ1n) is 13.6. The van der Waals surface area contributed by atoms with Crippen molar-refractivity contribution in [3.05, 3.63) is 65.0 Å². The summed E-state index contributed by atoms with van der Waals surface area (Å²) in [6.45, 7) is 3.88. The summed E-state index contributed by atoms with van der Waals surface area (Å²) in [7, 11) is 2.61. The SMILES string of the molecule is CC(=O)N1CCC(N2CC[C@@H](N(C)C(=O)N(C)c3cc(C(F)(F)F)cc(C(F)(F)F)c3)[C@H](c3ccc(F)cc3)C2)CC1. The summed E-state index contributed by atoms with van der Waals surface area (Å²) >= 11 is 0. The molecule has 0 unspecified atom stereocenters. The Hall–Kier alpha value is -3.35. The molecule has 0 radical (unpaired) electrons. The van der Waals surface area contributed by atoms with Crippen LogP contribution in [0.4, 0.5) is 41.2 Å². The van der Waals surface area contributed by atoms with Gasteiger partial charge in [0.25, 0.3) is 0 Å². The largest absolute Gasteiger partial charge is 0.416 e. The van der Waals surface area contributed by atoms with Gasteiger partial charge in [-0.15, -0.1) is 0 Å². The van der Waals surface area contributed by atoms with E-state index in [1.54, 1.807) is 17.0 Å². The third-order valence-corrected chi connectivity index (χ3v) is 8.38. The Morgan fingerprint density at radius 3 is 1.88 bits per heavy atom. The molecule has 2 aliphatic heterocycles. The molecule has 0 N–H and O–H groups in total. The number of halogens is 7. The van der Waals surface area contributed by atoms with Gasteiger partial charge in [-0.25, -0.2) is 9.18 Å². The van der Waals surface area contributed by atoms with Crippen molar-refractivity contribution in [1.29, 1.82) is 0 Å². The number of rotatable bonds is 4. The molecule has 0 bridgehead atoms. The Labute approximate surface area is 239 Å². The lowest BCUT2D eigenvalue weighted by molar-refractivity contribution is -0.143. The molecular weight excluding hydrogens is 569 g/mol. The highest BCUT2D eigenvalue weighted by Crippen LogP contribution is 2.39. The number of alkyl halides is 6. The van der Waals surface area contributed by atoms with Crippen LogP contribution in [0.1, 0.15) is 48.8 Å². The first-order chi connectivity index (χ1) is 19.6. The van der Waals surface area contributed by atoms with Gasteiger partial charge in [0.2, 0.25) is 5.91 Å². The number of carbonyl (C=O) groups excluding carboxylic acids is 2. The summed E-state index contributed by atoms with van der Waals surface area (Å²) < 4.78 is 94.4. The molecule has 0 saturated carbocycles. The van der Waals surface area contributed by atoms with Crippen LogP contribution in [0.15, 0.2) is 42.5 Å². The molecule has 0 spiro atoms. The summed E-state index contributed by atoms with van der Waals surface area (Å²) in [4.78, 5) is 31.5. The zero-order valence-corrected chi connectivity index (χ0v) is 23.5. The third-order valence-electron chi connectivity index (χ3n) is 8.38. The van der Waals surface area contributed by atoms with Crippen LogP contribution in [-0.2, 0) is 17.1 Å². The maximum absolute atomic E-state index is 13.8. The van der Waals surface area contributed by atoms with E-state index in [0.717, 1.165) is 30.4 Å². The zero-order valence-electron chi connectivity index (χ0n) is 23.5. The Bertz CT molecular complexity index is 1240. The van der Waals surface area contributed by atoms with Crippen molar-refractivity contribution in [2.75, 3.05) is 45.2 Å². The molecule has 0 aromatic heterocycles. The van der Waals surface area contributed by atoms with Gasteiger partial charge in [0.05, 0.1) is 11.1 Å². The number of likely N-dealkylation sites (N-methyl/N-ethyl adjacent to an activating group) is 1. The second-order valence-corrected chi connectivity index (χ2v) is 11.0. The molecule has 230 valence electrons. The minimum atomic E-state index is -5.05. The number of amides is 3. The van der Waals surface area contributed by atoms with Crippen LogP contribution in [0.3, 0.4) is 0 Å². The number of hydrogen-bond donors (Lipinski definition) is 0. The molecule has 4 rings (SSSR count). The first-order valence-corrected chi connectivity index (χ1v) is 13.6. The number of hydrogen-bond acceptors (Lipinski definition) is 3. The second kappa shape index (κ2) is 12.1. The first kappa shape index (κ1) is 31.6. The van der Waals surface area contributed by atoms with E-state index in [1.807, 2.05) is 0 Å². The molecule has 2 aromatic rings. The van der Waals surface area contributed by atoms with Crippen LogP contribution in [0.2, 0.25) is 0 Å². The topological polar surface area (TPSA) is 47.1 Å². The van der Waals surface area contributed by atoms with Crippen LogP contribution >= 0.6 is 0 Å². The van der Waals surface area contributed by atoms with Crippen LogP contribution in [0.25, 0.3) is 0 Å². The van der Waals surface area contributed by atoms with E-state index in [9.17, 15) is 40.3 Å². The smallest absolute Gasteiger partial charge is 0.343 e. The second-order valence-electron chi connectivity index (χ2n) is 11.0. The predicted octanol–water partition coefficient (Wildman–Crippen LogP) is 6.22. The molecule has 2 atom stereocenters. The van der Waals surface area contributed by atoms with E-state index in [0.29, 0.717) is 44.7 Å². The average molecular weight is 603 g/mol. The monoisotopic (exact) mass is 602 g/mol. The van der Waals surface area contributed by atoms with Gasteiger partial charge in [0.1, 0.15) is 5.82 Å². The molecule has 13 heteroatoms. The highest BCUT2D eigenvalue weighted by molar-refractivity contribution is 5.92. The lowest BCUT2D eigenvalue weighted by atomic mass is 9.83. The minimum absolute atomic E-state index is 0.0173. The van der Waals surface area contributed by atoms with Crippen molar-refractivity contribution in [1.82, 2.24) is 14.7 Å². The average Bonchev–Trinajstić information content (AvgIpc) is 2.95. The highest BCUT2D eigenvalue weighted by atomic mass is 19.4. The summed E-state index contributed by atoms with van der Waals surface area (Å²) in [5, 5.41) is 0. The van der Waals surface area contributed by atoms with Crippen LogP contribution in [0.5, 0.6) is 0 Å². The van der Waals surface area contributed by atoms with Crippen molar-refractivity contribution in [3.63, 3.8) is 0 Å². The van der Waals surface area contributed by atoms with Crippen molar-refractivity contribution in [3.8, 4) is 0 Å². The maximum Gasteiger partial charge on any atom is 0.416 e. The van der Waals surface area contributed by atoms with Gasteiger partial charge in [-0.3, -0.25) is 14.6 Å². The van der Waals surface area contributed by atoms with Gasteiger partial charge < -0.3 is 9.80 Å². The van der Waals surface area contributed by atoms with Gasteiger partial charge >= 0.3 is 18.4 Å². The number of piperidine rings is 2. The van der Waals surface area contributed by atoms with Crippen LogP contribution < -0.4 is 4.90 Å². The molecule has 0 aliphatic carbocycles. The minimum Gasteiger partial charge on any atom is -0.343 e. The maximum atomic E-state index is 13.8. The predicted molar refractivity (Wildman–Crippen MR) is 142 cm³/mol.